The van der Waals surface area contributed by atoms with E-state index in [0.717, 1.165) is 38.5 Å². The normalized spacial score (nSPS) is 45.0. The van der Waals surface area contributed by atoms with Gasteiger partial charge in [-0.2, -0.15) is 4.98 Å². The molecule has 10 rings (SSSR count). The topological polar surface area (TPSA) is 109 Å². The Kier molecular flexibility index (Phi) is 5.58. The Bertz CT molecular complexity index is 1170. The van der Waals surface area contributed by atoms with Gasteiger partial charge in [-0.05, 0) is 119 Å². The third kappa shape index (κ3) is 4.17. The van der Waals surface area contributed by atoms with Gasteiger partial charge in [0.2, 0.25) is 5.91 Å². The Labute approximate surface area is 228 Å². The average Bonchev–Trinajstić information content (AvgIpc) is 3.34. The van der Waals surface area contributed by atoms with Crippen molar-refractivity contribution in [2.45, 2.75) is 89.6 Å². The van der Waals surface area contributed by atoms with E-state index in [-0.39, 0.29) is 41.7 Å². The summed E-state index contributed by atoms with van der Waals surface area (Å²) >= 11 is 0. The predicted molar refractivity (Wildman–Crippen MR) is 139 cm³/mol. The molecule has 0 radical (unpaired) electrons. The number of aromatic nitrogens is 2. The first-order chi connectivity index (χ1) is 18.8. The number of nitrogens with one attached hydrogen (secondary N) is 1. The maximum atomic E-state index is 13.3. The SMILES string of the molecule is O=C(Nc1ccn([C@@H]2CO[C@H](COC(=O)C34CC5CC(CC(C5)C3)C4)O2)c(=O)n1)C12CC3CC(CC(C3)C1)C2. The molecule has 39 heavy (non-hydrogen) atoms. The molecule has 9 fully saturated rings. The molecule has 9 nitrogen and oxygen atoms in total. The van der Waals surface area contributed by atoms with Crippen LogP contribution in [0.25, 0.3) is 0 Å². The zero-order valence-electron chi connectivity index (χ0n) is 22.5. The molecular weight excluding hydrogens is 498 g/mol. The van der Waals surface area contributed by atoms with Gasteiger partial charge in [-0.1, -0.05) is 0 Å². The molecule has 1 N–H and O–H groups in total. The van der Waals surface area contributed by atoms with Gasteiger partial charge < -0.3 is 19.5 Å². The van der Waals surface area contributed by atoms with E-state index in [1.54, 1.807) is 12.3 Å². The first-order valence-electron chi connectivity index (χ1n) is 15.2. The second kappa shape index (κ2) is 8.87. The molecule has 8 saturated carbocycles. The number of nitrogens with zero attached hydrogens (tertiary/aromatic N) is 2. The number of carbonyl (C=O) groups excluding carboxylic acids is 2. The summed E-state index contributed by atoms with van der Waals surface area (Å²) in [6, 6.07) is 1.66. The molecule has 1 amide bonds. The van der Waals surface area contributed by atoms with Crippen molar-refractivity contribution in [1.82, 2.24) is 9.55 Å². The van der Waals surface area contributed by atoms with Gasteiger partial charge in [0.1, 0.15) is 12.4 Å². The fourth-order valence-electron chi connectivity index (χ4n) is 10.7. The zero-order valence-corrected chi connectivity index (χ0v) is 22.5. The summed E-state index contributed by atoms with van der Waals surface area (Å²) in [5, 5.41) is 2.96. The molecule has 8 aliphatic carbocycles. The molecule has 210 valence electrons. The summed E-state index contributed by atoms with van der Waals surface area (Å²) in [4.78, 5) is 43.5. The molecule has 2 atom stereocenters. The predicted octanol–water partition coefficient (Wildman–Crippen LogP) is 4.03. The van der Waals surface area contributed by atoms with Crippen LogP contribution < -0.4 is 11.0 Å². The number of esters is 1. The largest absolute Gasteiger partial charge is 0.460 e. The third-order valence-corrected chi connectivity index (χ3v) is 11.5. The highest BCUT2D eigenvalue weighted by Gasteiger charge is 2.56. The van der Waals surface area contributed by atoms with Crippen molar-refractivity contribution < 1.29 is 23.8 Å². The van der Waals surface area contributed by atoms with Crippen molar-refractivity contribution in [1.29, 1.82) is 0 Å². The van der Waals surface area contributed by atoms with Gasteiger partial charge in [-0.25, -0.2) is 4.79 Å². The van der Waals surface area contributed by atoms with Gasteiger partial charge in [0, 0.05) is 6.20 Å². The molecular formula is C30H39N3O6. The van der Waals surface area contributed by atoms with Crippen LogP contribution >= 0.6 is 0 Å². The van der Waals surface area contributed by atoms with Crippen LogP contribution in [0.15, 0.2) is 17.1 Å². The van der Waals surface area contributed by atoms with E-state index in [2.05, 4.69) is 10.3 Å². The number of hydrogen-bond donors (Lipinski definition) is 1. The highest BCUT2D eigenvalue weighted by molar-refractivity contribution is 5.94. The zero-order chi connectivity index (χ0) is 26.4. The van der Waals surface area contributed by atoms with Gasteiger partial charge in [-0.15, -0.1) is 0 Å². The van der Waals surface area contributed by atoms with Crippen molar-refractivity contribution in [3.05, 3.63) is 22.7 Å². The molecule has 1 saturated heterocycles. The summed E-state index contributed by atoms with van der Waals surface area (Å²) in [5.74, 6) is 4.23. The number of rotatable bonds is 6. The fourth-order valence-corrected chi connectivity index (χ4v) is 10.7. The van der Waals surface area contributed by atoms with E-state index >= 15 is 0 Å². The maximum absolute atomic E-state index is 13.3. The Morgan fingerprint density at radius 2 is 1.44 bits per heavy atom. The summed E-state index contributed by atoms with van der Waals surface area (Å²) in [6.45, 7) is 0.193. The summed E-state index contributed by atoms with van der Waals surface area (Å²) in [7, 11) is 0. The number of ether oxygens (including phenoxy) is 3. The lowest BCUT2D eigenvalue weighted by molar-refractivity contribution is -0.183. The monoisotopic (exact) mass is 537 g/mol. The lowest BCUT2D eigenvalue weighted by atomic mass is 9.49. The molecule has 8 bridgehead atoms. The van der Waals surface area contributed by atoms with Gasteiger partial charge in [-0.3, -0.25) is 14.2 Å². The van der Waals surface area contributed by atoms with Crippen LogP contribution in [-0.2, 0) is 23.8 Å². The van der Waals surface area contributed by atoms with Crippen LogP contribution in [0.1, 0.15) is 83.3 Å². The molecule has 9 heteroatoms. The van der Waals surface area contributed by atoms with Crippen LogP contribution in [0.4, 0.5) is 5.82 Å². The first-order valence-corrected chi connectivity index (χ1v) is 15.2. The van der Waals surface area contributed by atoms with Crippen molar-refractivity contribution in [3.8, 4) is 0 Å². The van der Waals surface area contributed by atoms with Gasteiger partial charge in [0.05, 0.1) is 17.4 Å². The number of anilines is 1. The van der Waals surface area contributed by atoms with E-state index in [1.165, 1.54) is 43.1 Å². The van der Waals surface area contributed by atoms with Gasteiger partial charge in [0.25, 0.3) is 0 Å². The molecule has 9 aliphatic rings. The minimum Gasteiger partial charge on any atom is -0.460 e. The van der Waals surface area contributed by atoms with Crippen molar-refractivity contribution in [2.75, 3.05) is 18.5 Å². The molecule has 0 spiro atoms. The van der Waals surface area contributed by atoms with Crippen LogP contribution in [0.5, 0.6) is 0 Å². The van der Waals surface area contributed by atoms with E-state index < -0.39 is 18.2 Å². The quantitative estimate of drug-likeness (QED) is 0.546. The van der Waals surface area contributed by atoms with E-state index in [4.69, 9.17) is 14.2 Å². The molecule has 1 aliphatic heterocycles. The van der Waals surface area contributed by atoms with Gasteiger partial charge >= 0.3 is 11.7 Å². The van der Waals surface area contributed by atoms with Crippen LogP contribution in [0, 0.1) is 46.3 Å². The minimum atomic E-state index is -0.713. The first kappa shape index (κ1) is 24.5. The average molecular weight is 538 g/mol. The summed E-state index contributed by atoms with van der Waals surface area (Å²) in [6.07, 6.45) is 13.6. The Morgan fingerprint density at radius 1 is 0.897 bits per heavy atom. The standard InChI is InChI=1S/C30H39N3O6/c34-26(29-9-17-3-18(10-29)5-19(4-17)11-29)31-23-1-2-33(28(36)32-23)24-15-37-25(39-24)16-38-27(35)30-12-20-6-21(13-30)8-22(7-20)14-30/h1-2,17-22,24-25H,3-16H2,(H,31,32,34,36)/t17?,18?,19?,20?,21?,22?,24-,25-,29?,30?/m0/s1. The maximum Gasteiger partial charge on any atom is 0.351 e. The van der Waals surface area contributed by atoms with Crippen molar-refractivity contribution in [3.63, 3.8) is 0 Å². The lowest BCUT2D eigenvalue weighted by Gasteiger charge is -2.55. The Hall–Kier alpha value is -2.26. The minimum absolute atomic E-state index is 0.0209. The second-order valence-electron chi connectivity index (χ2n) is 14.3. The highest BCUT2D eigenvalue weighted by atomic mass is 16.7. The third-order valence-electron chi connectivity index (χ3n) is 11.5. The van der Waals surface area contributed by atoms with Crippen LogP contribution in [0.3, 0.4) is 0 Å². The molecule has 0 unspecified atom stereocenters. The van der Waals surface area contributed by atoms with Crippen LogP contribution in [-0.4, -0.2) is 40.9 Å². The number of amides is 1. The Balaban J connectivity index is 0.875. The molecule has 0 aromatic carbocycles. The summed E-state index contributed by atoms with van der Waals surface area (Å²) < 4.78 is 18.8. The summed E-state index contributed by atoms with van der Waals surface area (Å²) in [5.41, 5.74) is -1.11. The highest BCUT2D eigenvalue weighted by Crippen LogP contribution is 2.61. The fraction of sp³-hybridized carbons (Fsp3) is 0.800. The Morgan fingerprint density at radius 3 is 1.97 bits per heavy atom. The molecule has 1 aromatic rings. The second-order valence-corrected chi connectivity index (χ2v) is 14.3. The number of carbonyl (C=O) groups is 2. The molecule has 1 aromatic heterocycles. The van der Waals surface area contributed by atoms with E-state index in [9.17, 15) is 14.4 Å². The van der Waals surface area contributed by atoms with Gasteiger partial charge in [0.15, 0.2) is 12.5 Å². The smallest absolute Gasteiger partial charge is 0.351 e. The van der Waals surface area contributed by atoms with Crippen molar-refractivity contribution in [2.24, 2.45) is 46.3 Å². The van der Waals surface area contributed by atoms with E-state index in [0.29, 0.717) is 35.5 Å². The molecule has 2 heterocycles. The number of hydrogen-bond acceptors (Lipinski definition) is 7. The van der Waals surface area contributed by atoms with Crippen LogP contribution in [0.2, 0.25) is 0 Å². The lowest BCUT2D eigenvalue weighted by Crippen LogP contribution is -2.52. The van der Waals surface area contributed by atoms with E-state index in [1.807, 2.05) is 0 Å². The van der Waals surface area contributed by atoms with Crippen molar-refractivity contribution >= 4 is 17.7 Å².